The van der Waals surface area contributed by atoms with Crippen molar-refractivity contribution in [3.05, 3.63) is 57.8 Å². The van der Waals surface area contributed by atoms with Gasteiger partial charge in [0.2, 0.25) is 5.76 Å². The zero-order valence-electron chi connectivity index (χ0n) is 17.1. The zero-order chi connectivity index (χ0) is 22.1. The molecule has 9 nitrogen and oxygen atoms in total. The van der Waals surface area contributed by atoms with Crippen LogP contribution >= 0.6 is 15.9 Å². The summed E-state index contributed by atoms with van der Waals surface area (Å²) in [5, 5.41) is 4.81. The highest BCUT2D eigenvalue weighted by molar-refractivity contribution is 9.10. The summed E-state index contributed by atoms with van der Waals surface area (Å²) in [4.78, 5) is 33.6. The molecular weight excluding hydrogens is 468 g/mol. The van der Waals surface area contributed by atoms with Crippen molar-refractivity contribution in [3.63, 3.8) is 0 Å². The number of benzene rings is 1. The molecule has 0 radical (unpaired) electrons. The molecule has 0 saturated heterocycles. The molecule has 0 aliphatic rings. The summed E-state index contributed by atoms with van der Waals surface area (Å²) in [7, 11) is 0. The Morgan fingerprint density at radius 1 is 1.19 bits per heavy atom. The molecule has 0 unspecified atom stereocenters. The molecular formula is C21H19BrN4O5. The highest BCUT2D eigenvalue weighted by Crippen LogP contribution is 2.30. The van der Waals surface area contributed by atoms with E-state index >= 15 is 0 Å². The third kappa shape index (κ3) is 3.90. The van der Waals surface area contributed by atoms with Gasteiger partial charge in [-0.1, -0.05) is 29.8 Å². The minimum absolute atomic E-state index is 0.0108. The van der Waals surface area contributed by atoms with E-state index in [1.807, 2.05) is 13.8 Å². The first-order valence-electron chi connectivity index (χ1n) is 9.64. The Kier molecular flexibility index (Phi) is 5.73. The number of nitrogens with zero attached hydrogens (tertiary/aromatic N) is 4. The maximum Gasteiger partial charge on any atom is 0.374 e. The van der Waals surface area contributed by atoms with Gasteiger partial charge >= 0.3 is 11.9 Å². The SMILES string of the molecule is CCOC(=O)c1oc2ccc(Br)cc2c1COC(=O)c1cnc2ncnn2c1C(C)C. The largest absolute Gasteiger partial charge is 0.460 e. The fourth-order valence-electron chi connectivity index (χ4n) is 3.35. The van der Waals surface area contributed by atoms with Crippen molar-refractivity contribution in [1.82, 2.24) is 19.6 Å². The standard InChI is InChI=1S/C21H19BrN4O5/c1-4-29-20(28)18-15(13-7-12(22)5-6-16(13)31-18)9-30-19(27)14-8-23-21-24-10-25-26(21)17(14)11(2)3/h5-8,10-11H,4,9H2,1-3H3. The molecule has 0 amide bonds. The first-order chi connectivity index (χ1) is 14.9. The monoisotopic (exact) mass is 486 g/mol. The fraction of sp³-hybridized carbons (Fsp3) is 0.286. The number of carbonyl (C=O) groups is 2. The summed E-state index contributed by atoms with van der Waals surface area (Å²) in [6.45, 7) is 5.60. The topological polar surface area (TPSA) is 109 Å². The van der Waals surface area contributed by atoms with Gasteiger partial charge in [0.15, 0.2) is 0 Å². The molecule has 0 saturated carbocycles. The fourth-order valence-corrected chi connectivity index (χ4v) is 3.71. The van der Waals surface area contributed by atoms with Crippen LogP contribution in [0.15, 0.2) is 39.6 Å². The lowest BCUT2D eigenvalue weighted by atomic mass is 10.1. The van der Waals surface area contributed by atoms with E-state index in [9.17, 15) is 9.59 Å². The van der Waals surface area contributed by atoms with Crippen molar-refractivity contribution < 1.29 is 23.5 Å². The highest BCUT2D eigenvalue weighted by Gasteiger charge is 2.25. The Morgan fingerprint density at radius 2 is 2.00 bits per heavy atom. The van der Waals surface area contributed by atoms with Gasteiger partial charge in [0, 0.05) is 16.1 Å². The Bertz CT molecular complexity index is 1290. The highest BCUT2D eigenvalue weighted by atomic mass is 79.9. The molecule has 4 aromatic rings. The number of halogens is 1. The van der Waals surface area contributed by atoms with E-state index in [1.165, 1.54) is 17.0 Å². The van der Waals surface area contributed by atoms with E-state index < -0.39 is 11.9 Å². The van der Waals surface area contributed by atoms with Crippen molar-refractivity contribution in [3.8, 4) is 0 Å². The van der Waals surface area contributed by atoms with E-state index in [0.29, 0.717) is 28.0 Å². The summed E-state index contributed by atoms with van der Waals surface area (Å²) in [5.74, 6) is -0.829. The number of hydrogen-bond donors (Lipinski definition) is 0. The molecule has 0 spiro atoms. The first-order valence-corrected chi connectivity index (χ1v) is 10.4. The second-order valence-corrected chi connectivity index (χ2v) is 7.95. The number of hydrogen-bond acceptors (Lipinski definition) is 8. The van der Waals surface area contributed by atoms with Crippen LogP contribution in [0, 0.1) is 0 Å². The number of furan rings is 1. The number of rotatable bonds is 6. The van der Waals surface area contributed by atoms with Gasteiger partial charge in [0.25, 0.3) is 5.78 Å². The maximum absolute atomic E-state index is 13.0. The van der Waals surface area contributed by atoms with E-state index in [4.69, 9.17) is 13.9 Å². The molecule has 160 valence electrons. The lowest BCUT2D eigenvalue weighted by Crippen LogP contribution is -2.15. The molecule has 31 heavy (non-hydrogen) atoms. The van der Waals surface area contributed by atoms with Crippen LogP contribution in [0.2, 0.25) is 0 Å². The Hall–Kier alpha value is -3.27. The van der Waals surface area contributed by atoms with Crippen LogP contribution in [0.3, 0.4) is 0 Å². The molecule has 0 atom stereocenters. The predicted octanol–water partition coefficient (Wildman–Crippen LogP) is 4.29. The molecule has 0 aliphatic carbocycles. The second-order valence-electron chi connectivity index (χ2n) is 7.03. The number of ether oxygens (including phenoxy) is 2. The molecule has 4 rings (SSSR count). The summed E-state index contributed by atoms with van der Waals surface area (Å²) < 4.78 is 18.7. The van der Waals surface area contributed by atoms with Crippen LogP contribution in [0.1, 0.15) is 58.9 Å². The third-order valence-corrected chi connectivity index (χ3v) is 5.16. The van der Waals surface area contributed by atoms with E-state index in [2.05, 4.69) is 31.0 Å². The molecule has 3 heterocycles. The lowest BCUT2D eigenvalue weighted by Gasteiger charge is -2.13. The van der Waals surface area contributed by atoms with Crippen molar-refractivity contribution in [1.29, 1.82) is 0 Å². The van der Waals surface area contributed by atoms with Gasteiger partial charge in [0.1, 0.15) is 18.5 Å². The zero-order valence-corrected chi connectivity index (χ0v) is 18.7. The van der Waals surface area contributed by atoms with Crippen molar-refractivity contribution >= 4 is 44.6 Å². The molecule has 3 aromatic heterocycles. The number of carbonyl (C=O) groups excluding carboxylic acids is 2. The van der Waals surface area contributed by atoms with E-state index in [1.54, 1.807) is 25.1 Å². The third-order valence-electron chi connectivity index (χ3n) is 4.67. The normalized spacial score (nSPS) is 11.4. The molecule has 10 heteroatoms. The van der Waals surface area contributed by atoms with Gasteiger partial charge in [-0.3, -0.25) is 0 Å². The number of aromatic nitrogens is 4. The summed E-state index contributed by atoms with van der Waals surface area (Å²) >= 11 is 3.42. The van der Waals surface area contributed by atoms with Gasteiger partial charge in [-0.25, -0.2) is 19.1 Å². The minimum atomic E-state index is -0.616. The van der Waals surface area contributed by atoms with E-state index in [-0.39, 0.29) is 30.5 Å². The maximum atomic E-state index is 13.0. The minimum Gasteiger partial charge on any atom is -0.460 e. The van der Waals surface area contributed by atoms with Crippen molar-refractivity contribution in [2.24, 2.45) is 0 Å². The quantitative estimate of drug-likeness (QED) is 0.371. The summed E-state index contributed by atoms with van der Waals surface area (Å²) in [6.07, 6.45) is 2.81. The second kappa shape index (κ2) is 8.46. The average molecular weight is 487 g/mol. The Labute approximate surface area is 185 Å². The molecule has 0 N–H and O–H groups in total. The van der Waals surface area contributed by atoms with Gasteiger partial charge in [-0.2, -0.15) is 10.1 Å². The smallest absolute Gasteiger partial charge is 0.374 e. The van der Waals surface area contributed by atoms with Crippen LogP contribution in [0.25, 0.3) is 16.7 Å². The molecule has 1 aromatic carbocycles. The molecule has 0 aliphatic heterocycles. The van der Waals surface area contributed by atoms with Gasteiger partial charge in [0.05, 0.1) is 23.4 Å². The lowest BCUT2D eigenvalue weighted by molar-refractivity contribution is 0.0433. The number of fused-ring (bicyclic) bond motifs is 2. The van der Waals surface area contributed by atoms with Crippen LogP contribution in [-0.4, -0.2) is 38.1 Å². The van der Waals surface area contributed by atoms with Gasteiger partial charge in [-0.15, -0.1) is 0 Å². The Morgan fingerprint density at radius 3 is 2.74 bits per heavy atom. The number of esters is 2. The molecule has 0 bridgehead atoms. The van der Waals surface area contributed by atoms with Gasteiger partial charge in [-0.05, 0) is 31.0 Å². The van der Waals surface area contributed by atoms with Crippen LogP contribution < -0.4 is 0 Å². The van der Waals surface area contributed by atoms with Crippen LogP contribution in [-0.2, 0) is 16.1 Å². The summed E-state index contributed by atoms with van der Waals surface area (Å²) in [5.41, 5.74) is 1.84. The Balaban J connectivity index is 1.69. The first kappa shape index (κ1) is 21.0. The van der Waals surface area contributed by atoms with Crippen LogP contribution in [0.4, 0.5) is 0 Å². The van der Waals surface area contributed by atoms with E-state index in [0.717, 1.165) is 4.47 Å². The van der Waals surface area contributed by atoms with Crippen molar-refractivity contribution in [2.45, 2.75) is 33.3 Å². The van der Waals surface area contributed by atoms with Gasteiger partial charge < -0.3 is 13.9 Å². The van der Waals surface area contributed by atoms with Crippen molar-refractivity contribution in [2.75, 3.05) is 6.61 Å². The average Bonchev–Trinajstić information content (AvgIpc) is 3.35. The van der Waals surface area contributed by atoms with Crippen LogP contribution in [0.5, 0.6) is 0 Å². The predicted molar refractivity (Wildman–Crippen MR) is 114 cm³/mol. The summed E-state index contributed by atoms with van der Waals surface area (Å²) in [6, 6.07) is 5.32. The molecule has 0 fully saturated rings.